The van der Waals surface area contributed by atoms with E-state index in [1.807, 2.05) is 0 Å². The van der Waals surface area contributed by atoms with Crippen LogP contribution in [0.4, 0.5) is 0 Å². The third-order valence-corrected chi connectivity index (χ3v) is 13.0. The van der Waals surface area contributed by atoms with Crippen molar-refractivity contribution in [2.24, 2.45) is 35.3 Å². The van der Waals surface area contributed by atoms with E-state index in [0.29, 0.717) is 5.56 Å². The van der Waals surface area contributed by atoms with Gasteiger partial charge >= 0.3 is 17.9 Å². The molecule has 84 heavy (non-hydrogen) atoms. The Morgan fingerprint density at radius 1 is 0.417 bits per heavy atom. The van der Waals surface area contributed by atoms with Crippen molar-refractivity contribution in [3.8, 4) is 5.75 Å². The third-order valence-electron chi connectivity index (χ3n) is 13.0. The highest BCUT2D eigenvalue weighted by Crippen LogP contribution is 2.15. The van der Waals surface area contributed by atoms with E-state index in [0.717, 1.165) is 0 Å². The second-order valence-electron chi connectivity index (χ2n) is 22.7. The smallest absolute Gasteiger partial charge is 0.326 e. The lowest BCUT2D eigenvalue weighted by atomic mass is 9.98. The zero-order valence-corrected chi connectivity index (χ0v) is 50.0. The second kappa shape index (κ2) is 35.2. The third kappa shape index (κ3) is 26.1. The molecule has 472 valence electrons. The maximum absolute atomic E-state index is 13.9. The molecule has 1 rings (SSSR count). The fourth-order valence-electron chi connectivity index (χ4n) is 8.18. The van der Waals surface area contributed by atoms with Crippen LogP contribution in [0.5, 0.6) is 5.75 Å². The summed E-state index contributed by atoms with van der Waals surface area (Å²) in [5.74, 6) is -15.8. The Kier molecular flexibility index (Phi) is 31.1. The first-order chi connectivity index (χ1) is 38.9. The molecule has 17 N–H and O–H groups in total. The Balaban J connectivity index is 3.23. The van der Waals surface area contributed by atoms with E-state index in [4.69, 9.17) is 10.8 Å². The molecule has 29 heteroatoms. The van der Waals surface area contributed by atoms with Crippen LogP contribution in [0.1, 0.15) is 128 Å². The van der Waals surface area contributed by atoms with Gasteiger partial charge in [-0.2, -0.15) is 0 Å². The molecule has 0 aliphatic heterocycles. The zero-order valence-electron chi connectivity index (χ0n) is 50.0. The molecule has 0 bridgehead atoms. The number of phenols is 1. The van der Waals surface area contributed by atoms with Crippen LogP contribution in [0.25, 0.3) is 0 Å². The highest BCUT2D eigenvalue weighted by atomic mass is 16.4. The number of benzene rings is 1. The lowest BCUT2D eigenvalue weighted by Crippen LogP contribution is -2.62. The normalized spacial score (nSPS) is 15.7. The van der Waals surface area contributed by atoms with Crippen molar-refractivity contribution >= 4 is 77.0 Å². The van der Waals surface area contributed by atoms with Gasteiger partial charge in [0.15, 0.2) is 0 Å². The van der Waals surface area contributed by atoms with E-state index in [2.05, 4.69) is 53.2 Å². The number of amides is 10. The number of hydrogen-bond donors (Lipinski definition) is 16. The molecule has 0 unspecified atom stereocenters. The molecule has 0 spiro atoms. The number of rotatable bonds is 36. The number of aliphatic hydroxyl groups is 1. The summed E-state index contributed by atoms with van der Waals surface area (Å²) in [4.78, 5) is 171. The minimum Gasteiger partial charge on any atom is -0.508 e. The van der Waals surface area contributed by atoms with E-state index in [1.165, 1.54) is 45.0 Å². The molecule has 12 atom stereocenters. The Hall–Kier alpha value is -7.95. The molecular formula is C55H89N11O18. The quantitative estimate of drug-likeness (QED) is 0.0346. The molecule has 0 saturated heterocycles. The van der Waals surface area contributed by atoms with Crippen LogP contribution in [0, 0.1) is 29.6 Å². The number of nitrogens with two attached hydrogens (primary N) is 1. The number of carboxylic acids is 3. The highest BCUT2D eigenvalue weighted by Gasteiger charge is 2.38. The fraction of sp³-hybridized carbons (Fsp3) is 0.655. The van der Waals surface area contributed by atoms with Crippen molar-refractivity contribution in [1.29, 1.82) is 0 Å². The van der Waals surface area contributed by atoms with Crippen LogP contribution < -0.4 is 58.9 Å². The van der Waals surface area contributed by atoms with Crippen molar-refractivity contribution in [1.82, 2.24) is 53.2 Å². The zero-order chi connectivity index (χ0) is 64.6. The first-order valence-electron chi connectivity index (χ1n) is 27.8. The maximum atomic E-state index is 13.9. The van der Waals surface area contributed by atoms with Crippen molar-refractivity contribution in [2.75, 3.05) is 0 Å². The number of aliphatic carboxylic acids is 3. The standard InChI is InChI=1S/C55H89N11O18/c1-24(2)20-36(60-47(75)34(56)23-40(71)72)49(77)59-35(18-19-39(69)70)48(76)63-42(27(7)8)53(81)64-41(26(5)6)52(80)58-29(11)45(73)57-30(12)46(74)66-44(31(13)67)54(82)62-37(21-25(3)4)50(78)61-38(22-32-14-16-33(68)17-15-32)51(79)65-43(28(9)10)55(83)84/h14-17,24-31,34-38,41-44,67-68H,18-23,56H2,1-13H3,(H,57,73)(H,58,80)(H,59,77)(H,60,75)(H,61,78)(H,62,82)(H,63,76)(H,64,81)(H,65,79)(H,66,74)(H,69,70)(H,71,72)(H,83,84)/t29-,30-,31+,34-,35-,36-,37-,38-,41-,42-,43-,44-/m0/s1. The summed E-state index contributed by atoms with van der Waals surface area (Å²) in [5, 5.41) is 73.3. The Morgan fingerprint density at radius 2 is 0.774 bits per heavy atom. The first-order valence-corrected chi connectivity index (χ1v) is 27.8. The Labute approximate surface area is 488 Å². The minimum absolute atomic E-state index is 0.00290. The molecule has 0 aliphatic rings. The summed E-state index contributed by atoms with van der Waals surface area (Å²) in [7, 11) is 0. The summed E-state index contributed by atoms with van der Waals surface area (Å²) in [5.41, 5.74) is 6.16. The van der Waals surface area contributed by atoms with Crippen molar-refractivity contribution < 1.29 is 87.9 Å². The molecule has 1 aromatic rings. The molecule has 0 aliphatic carbocycles. The number of aromatic hydroxyl groups is 1. The van der Waals surface area contributed by atoms with Gasteiger partial charge in [0.05, 0.1) is 18.6 Å². The summed E-state index contributed by atoms with van der Waals surface area (Å²) in [6, 6.07) is -10.1. The van der Waals surface area contributed by atoms with Gasteiger partial charge in [-0.3, -0.25) is 57.5 Å². The van der Waals surface area contributed by atoms with Crippen LogP contribution in [0.15, 0.2) is 24.3 Å². The highest BCUT2D eigenvalue weighted by molar-refractivity contribution is 5.99. The van der Waals surface area contributed by atoms with Crippen LogP contribution >= 0.6 is 0 Å². The molecular weight excluding hydrogens is 1100 g/mol. The van der Waals surface area contributed by atoms with Gasteiger partial charge < -0.3 is 84.4 Å². The molecule has 1 aromatic carbocycles. The monoisotopic (exact) mass is 1190 g/mol. The first kappa shape index (κ1) is 74.1. The number of phenolic OH excluding ortho intramolecular Hbond substituents is 1. The summed E-state index contributed by atoms with van der Waals surface area (Å²) in [6.45, 7) is 20.0. The number of nitrogens with one attached hydrogen (secondary N) is 10. The van der Waals surface area contributed by atoms with E-state index in [-0.39, 0.29) is 36.8 Å². The van der Waals surface area contributed by atoms with Gasteiger partial charge in [0.2, 0.25) is 59.1 Å². The Morgan fingerprint density at radius 3 is 1.20 bits per heavy atom. The topological polar surface area (TPSA) is 469 Å². The van der Waals surface area contributed by atoms with E-state index >= 15 is 0 Å². The van der Waals surface area contributed by atoms with E-state index in [9.17, 15) is 82.8 Å². The average Bonchev–Trinajstić information content (AvgIpc) is 3.50. The van der Waals surface area contributed by atoms with Gasteiger partial charge in [-0.25, -0.2) is 4.79 Å². The van der Waals surface area contributed by atoms with Crippen LogP contribution in [0.2, 0.25) is 0 Å². The average molecular weight is 1190 g/mol. The molecule has 0 radical (unpaired) electrons. The fourth-order valence-corrected chi connectivity index (χ4v) is 8.18. The minimum atomic E-state index is -1.72. The van der Waals surface area contributed by atoms with Crippen molar-refractivity contribution in [2.45, 2.75) is 201 Å². The summed E-state index contributed by atoms with van der Waals surface area (Å²) >= 11 is 0. The van der Waals surface area contributed by atoms with Gasteiger partial charge in [0.1, 0.15) is 66.2 Å². The summed E-state index contributed by atoms with van der Waals surface area (Å²) in [6.07, 6.45) is -3.60. The number of aliphatic hydroxyl groups excluding tert-OH is 1. The molecule has 0 saturated carbocycles. The van der Waals surface area contributed by atoms with Gasteiger partial charge in [0.25, 0.3) is 0 Å². The van der Waals surface area contributed by atoms with Gasteiger partial charge in [-0.15, -0.1) is 0 Å². The maximum Gasteiger partial charge on any atom is 0.326 e. The lowest BCUT2D eigenvalue weighted by Gasteiger charge is -2.30. The van der Waals surface area contributed by atoms with Crippen LogP contribution in [0.3, 0.4) is 0 Å². The van der Waals surface area contributed by atoms with Gasteiger partial charge in [-0.05, 0) is 87.3 Å². The predicted molar refractivity (Wildman–Crippen MR) is 302 cm³/mol. The largest absolute Gasteiger partial charge is 0.508 e. The number of carbonyl (C=O) groups is 13. The summed E-state index contributed by atoms with van der Waals surface area (Å²) < 4.78 is 0. The molecule has 10 amide bonds. The Bertz CT molecular complexity index is 2470. The van der Waals surface area contributed by atoms with E-state index in [1.54, 1.807) is 69.2 Å². The van der Waals surface area contributed by atoms with Crippen molar-refractivity contribution in [3.63, 3.8) is 0 Å². The van der Waals surface area contributed by atoms with Crippen molar-refractivity contribution in [3.05, 3.63) is 29.8 Å². The van der Waals surface area contributed by atoms with E-state index < -0.39 is 187 Å². The van der Waals surface area contributed by atoms with Gasteiger partial charge in [-0.1, -0.05) is 81.4 Å². The number of hydrogen-bond acceptors (Lipinski definition) is 16. The number of carbonyl (C=O) groups excluding carboxylic acids is 10. The van der Waals surface area contributed by atoms with Crippen LogP contribution in [-0.2, 0) is 68.7 Å². The lowest BCUT2D eigenvalue weighted by molar-refractivity contribution is -0.143. The SMILES string of the molecule is CC(C)C[C@H](NC(=O)[C@@H](NC(=O)[C@H](C)NC(=O)[C@H](C)NC(=O)[C@@H](NC(=O)[C@@H](NC(=O)[C@H](CCC(=O)O)NC(=O)[C@H](CC(C)C)NC(=O)[C@@H](N)CC(=O)O)C(C)C)C(C)C)[C@@H](C)O)C(=O)N[C@@H](Cc1ccc(O)cc1)C(=O)N[C@H](C(=O)O)C(C)C. The number of carboxylic acid groups (broad SMARTS) is 3. The van der Waals surface area contributed by atoms with Crippen LogP contribution in [-0.4, -0.2) is 175 Å². The molecule has 0 heterocycles. The molecule has 0 fully saturated rings. The molecule has 0 aromatic heterocycles. The second-order valence-corrected chi connectivity index (χ2v) is 22.7. The predicted octanol–water partition coefficient (Wildman–Crippen LogP) is -1.99. The molecule has 29 nitrogen and oxygen atoms in total. The van der Waals surface area contributed by atoms with Gasteiger partial charge in [0, 0.05) is 12.8 Å².